The van der Waals surface area contributed by atoms with Gasteiger partial charge in [0.05, 0.1) is 17.5 Å². The number of hydrogen-bond acceptors (Lipinski definition) is 5. The molecule has 0 spiro atoms. The molecule has 1 aromatic carbocycles. The Bertz CT molecular complexity index is 676. The van der Waals surface area contributed by atoms with Crippen molar-refractivity contribution in [2.45, 2.75) is 44.6 Å². The van der Waals surface area contributed by atoms with Gasteiger partial charge in [0.2, 0.25) is 10.0 Å². The van der Waals surface area contributed by atoms with Crippen molar-refractivity contribution in [3.8, 4) is 0 Å². The Morgan fingerprint density at radius 1 is 1.04 bits per heavy atom. The van der Waals surface area contributed by atoms with Crippen LogP contribution in [0.1, 0.15) is 39.2 Å². The standard InChI is InChI=1S/C18H28N2O4S/c1-14(2)16-5-7-17(8-6-16)25(22,23)20-11-9-19(10-12-20)13-18(21)24-15(3)4/h5-8,14-15H,9-13H2,1-4H3. The number of benzene rings is 1. The van der Waals surface area contributed by atoms with E-state index in [1.165, 1.54) is 4.31 Å². The molecule has 7 heteroatoms. The van der Waals surface area contributed by atoms with Crippen LogP contribution < -0.4 is 0 Å². The molecule has 0 aliphatic carbocycles. The molecule has 0 bridgehead atoms. The van der Waals surface area contributed by atoms with Crippen LogP contribution in [0.5, 0.6) is 0 Å². The largest absolute Gasteiger partial charge is 0.462 e. The van der Waals surface area contributed by atoms with Crippen LogP contribution in [0.4, 0.5) is 0 Å². The monoisotopic (exact) mass is 368 g/mol. The molecular weight excluding hydrogens is 340 g/mol. The Hall–Kier alpha value is -1.44. The summed E-state index contributed by atoms with van der Waals surface area (Å²) in [6.07, 6.45) is -0.136. The van der Waals surface area contributed by atoms with Crippen LogP contribution in [0.25, 0.3) is 0 Å². The number of sulfonamides is 1. The van der Waals surface area contributed by atoms with Gasteiger partial charge in [-0.15, -0.1) is 0 Å². The quantitative estimate of drug-likeness (QED) is 0.719. The van der Waals surface area contributed by atoms with Gasteiger partial charge in [-0.05, 0) is 37.5 Å². The average Bonchev–Trinajstić information content (AvgIpc) is 2.54. The molecule has 1 aliphatic rings. The number of piperazine rings is 1. The highest BCUT2D eigenvalue weighted by Crippen LogP contribution is 2.21. The lowest BCUT2D eigenvalue weighted by Crippen LogP contribution is -2.50. The van der Waals surface area contributed by atoms with Gasteiger partial charge in [0.15, 0.2) is 0 Å². The predicted octanol–water partition coefficient (Wildman–Crippen LogP) is 2.07. The lowest BCUT2D eigenvalue weighted by Gasteiger charge is -2.33. The minimum Gasteiger partial charge on any atom is -0.462 e. The van der Waals surface area contributed by atoms with E-state index in [9.17, 15) is 13.2 Å². The van der Waals surface area contributed by atoms with Gasteiger partial charge in [0.25, 0.3) is 0 Å². The molecule has 1 saturated heterocycles. The first-order chi connectivity index (χ1) is 11.7. The van der Waals surface area contributed by atoms with Gasteiger partial charge in [0.1, 0.15) is 0 Å². The molecule has 0 amide bonds. The Kier molecular flexibility index (Phi) is 6.59. The maximum atomic E-state index is 12.8. The molecule has 0 unspecified atom stereocenters. The van der Waals surface area contributed by atoms with Crippen LogP contribution >= 0.6 is 0 Å². The van der Waals surface area contributed by atoms with E-state index in [4.69, 9.17) is 4.74 Å². The molecule has 1 heterocycles. The zero-order chi connectivity index (χ0) is 18.6. The third kappa shape index (κ3) is 5.26. The molecular formula is C18H28N2O4S. The minimum absolute atomic E-state index is 0.136. The normalized spacial score (nSPS) is 17.2. The second-order valence-electron chi connectivity index (χ2n) is 6.94. The van der Waals surface area contributed by atoms with Crippen LogP contribution in [0, 0.1) is 0 Å². The number of carbonyl (C=O) groups excluding carboxylic acids is 1. The summed E-state index contributed by atoms with van der Waals surface area (Å²) in [5.41, 5.74) is 1.12. The summed E-state index contributed by atoms with van der Waals surface area (Å²) in [5, 5.41) is 0. The van der Waals surface area contributed by atoms with Crippen molar-refractivity contribution in [2.24, 2.45) is 0 Å². The van der Waals surface area contributed by atoms with Crippen molar-refractivity contribution in [2.75, 3.05) is 32.7 Å². The van der Waals surface area contributed by atoms with E-state index in [0.29, 0.717) is 37.0 Å². The molecule has 25 heavy (non-hydrogen) atoms. The molecule has 0 radical (unpaired) electrons. The summed E-state index contributed by atoms with van der Waals surface area (Å²) in [7, 11) is -3.48. The number of rotatable bonds is 6. The zero-order valence-electron chi connectivity index (χ0n) is 15.4. The lowest BCUT2D eigenvalue weighted by molar-refractivity contribution is -0.148. The molecule has 1 aromatic rings. The van der Waals surface area contributed by atoms with E-state index in [2.05, 4.69) is 13.8 Å². The van der Waals surface area contributed by atoms with Crippen molar-refractivity contribution in [1.82, 2.24) is 9.21 Å². The Balaban J connectivity index is 1.95. The lowest BCUT2D eigenvalue weighted by atomic mass is 10.0. The van der Waals surface area contributed by atoms with Gasteiger partial charge in [-0.3, -0.25) is 9.69 Å². The van der Waals surface area contributed by atoms with Gasteiger partial charge in [-0.1, -0.05) is 26.0 Å². The van der Waals surface area contributed by atoms with E-state index >= 15 is 0 Å². The summed E-state index contributed by atoms with van der Waals surface area (Å²) >= 11 is 0. The molecule has 0 N–H and O–H groups in total. The summed E-state index contributed by atoms with van der Waals surface area (Å²) in [4.78, 5) is 14.0. The van der Waals surface area contributed by atoms with Crippen molar-refractivity contribution >= 4 is 16.0 Å². The first kappa shape index (κ1) is 19.9. The average molecular weight is 368 g/mol. The van der Waals surface area contributed by atoms with Crippen LogP contribution in [-0.4, -0.2) is 62.4 Å². The summed E-state index contributed by atoms with van der Waals surface area (Å²) in [5.74, 6) is 0.0986. The topological polar surface area (TPSA) is 66.9 Å². The molecule has 0 saturated carbocycles. The number of carbonyl (C=O) groups is 1. The van der Waals surface area contributed by atoms with E-state index in [-0.39, 0.29) is 18.6 Å². The minimum atomic E-state index is -3.48. The van der Waals surface area contributed by atoms with Crippen molar-refractivity contribution in [3.05, 3.63) is 29.8 Å². The Morgan fingerprint density at radius 3 is 2.08 bits per heavy atom. The molecule has 2 rings (SSSR count). The molecule has 0 aromatic heterocycles. The second kappa shape index (κ2) is 8.29. The van der Waals surface area contributed by atoms with Gasteiger partial charge in [-0.2, -0.15) is 4.31 Å². The maximum Gasteiger partial charge on any atom is 0.320 e. The summed E-state index contributed by atoms with van der Waals surface area (Å²) < 4.78 is 32.1. The fourth-order valence-electron chi connectivity index (χ4n) is 2.78. The van der Waals surface area contributed by atoms with Crippen molar-refractivity contribution < 1.29 is 17.9 Å². The maximum absolute atomic E-state index is 12.8. The third-order valence-electron chi connectivity index (χ3n) is 4.24. The highest BCUT2D eigenvalue weighted by Gasteiger charge is 2.29. The van der Waals surface area contributed by atoms with E-state index in [1.807, 2.05) is 30.9 Å². The van der Waals surface area contributed by atoms with Crippen LogP contribution in [0.15, 0.2) is 29.2 Å². The molecule has 1 aliphatic heterocycles. The Labute approximate surface area is 150 Å². The number of esters is 1. The van der Waals surface area contributed by atoms with E-state index in [0.717, 1.165) is 5.56 Å². The fourth-order valence-corrected chi connectivity index (χ4v) is 4.21. The smallest absolute Gasteiger partial charge is 0.320 e. The highest BCUT2D eigenvalue weighted by atomic mass is 32.2. The third-order valence-corrected chi connectivity index (χ3v) is 6.15. The Morgan fingerprint density at radius 2 is 1.60 bits per heavy atom. The summed E-state index contributed by atoms with van der Waals surface area (Å²) in [6, 6.07) is 7.10. The number of nitrogens with zero attached hydrogens (tertiary/aromatic N) is 2. The fraction of sp³-hybridized carbons (Fsp3) is 0.611. The van der Waals surface area contributed by atoms with Crippen LogP contribution in [0.2, 0.25) is 0 Å². The summed E-state index contributed by atoms with van der Waals surface area (Å²) in [6.45, 7) is 9.79. The molecule has 6 nitrogen and oxygen atoms in total. The highest BCUT2D eigenvalue weighted by molar-refractivity contribution is 7.89. The van der Waals surface area contributed by atoms with E-state index < -0.39 is 10.0 Å². The van der Waals surface area contributed by atoms with Crippen LogP contribution in [-0.2, 0) is 19.6 Å². The SMILES string of the molecule is CC(C)OC(=O)CN1CCN(S(=O)(=O)c2ccc(C(C)C)cc2)CC1. The second-order valence-corrected chi connectivity index (χ2v) is 8.88. The first-order valence-corrected chi connectivity index (χ1v) is 10.2. The van der Waals surface area contributed by atoms with Gasteiger partial charge < -0.3 is 4.74 Å². The van der Waals surface area contributed by atoms with Crippen molar-refractivity contribution in [3.63, 3.8) is 0 Å². The van der Waals surface area contributed by atoms with E-state index in [1.54, 1.807) is 12.1 Å². The molecule has 0 atom stereocenters. The number of hydrogen-bond donors (Lipinski definition) is 0. The molecule has 1 fully saturated rings. The zero-order valence-corrected chi connectivity index (χ0v) is 16.3. The van der Waals surface area contributed by atoms with Crippen molar-refractivity contribution in [1.29, 1.82) is 0 Å². The number of ether oxygens (including phenoxy) is 1. The van der Waals surface area contributed by atoms with Gasteiger partial charge in [-0.25, -0.2) is 8.42 Å². The predicted molar refractivity (Wildman–Crippen MR) is 97.0 cm³/mol. The molecule has 140 valence electrons. The first-order valence-electron chi connectivity index (χ1n) is 8.72. The van der Waals surface area contributed by atoms with Gasteiger partial charge in [0, 0.05) is 26.2 Å². The van der Waals surface area contributed by atoms with Gasteiger partial charge >= 0.3 is 5.97 Å². The van der Waals surface area contributed by atoms with Crippen LogP contribution in [0.3, 0.4) is 0 Å².